The van der Waals surface area contributed by atoms with E-state index in [0.29, 0.717) is 6.08 Å². The minimum atomic E-state index is -8.56. The first-order valence-corrected chi connectivity index (χ1v) is 7.30. The molecule has 190 valence electrons. The van der Waals surface area contributed by atoms with Gasteiger partial charge in [0.25, 0.3) is 0 Å². The number of hydrogen-bond acceptors (Lipinski definition) is 4. The predicted octanol–water partition coefficient (Wildman–Crippen LogP) is 4.42. The summed E-state index contributed by atoms with van der Waals surface area (Å²) in [6, 6.07) is 0. The van der Waals surface area contributed by atoms with Crippen LogP contribution in [0.4, 0.5) is 65.9 Å². The van der Waals surface area contributed by atoms with Gasteiger partial charge in [0.05, 0.1) is 6.61 Å². The van der Waals surface area contributed by atoms with Crippen molar-refractivity contribution in [1.82, 2.24) is 0 Å². The van der Waals surface area contributed by atoms with Gasteiger partial charge in [0, 0.05) is 6.08 Å². The second-order valence-corrected chi connectivity index (χ2v) is 5.69. The van der Waals surface area contributed by atoms with Crippen molar-refractivity contribution in [2.75, 3.05) is 13.2 Å². The van der Waals surface area contributed by atoms with Gasteiger partial charge in [0.2, 0.25) is 0 Å². The van der Waals surface area contributed by atoms with E-state index in [1.54, 1.807) is 0 Å². The first kappa shape index (κ1) is 30.1. The van der Waals surface area contributed by atoms with Crippen molar-refractivity contribution in [3.8, 4) is 0 Å². The smallest absolute Gasteiger partial charge is 0.438 e. The lowest BCUT2D eigenvalue weighted by Gasteiger charge is -2.42. The topological polar surface area (TPSA) is 55.8 Å². The Morgan fingerprint density at radius 2 is 1.16 bits per heavy atom. The fourth-order valence-corrected chi connectivity index (χ4v) is 1.69. The van der Waals surface area contributed by atoms with Gasteiger partial charge in [0.15, 0.2) is 0 Å². The summed E-state index contributed by atoms with van der Waals surface area (Å²) in [5, 5.41) is 9.02. The molecule has 0 amide bonds. The van der Waals surface area contributed by atoms with E-state index in [-0.39, 0.29) is 0 Å². The minimum absolute atomic E-state index is 0.420. The van der Waals surface area contributed by atoms with Crippen LogP contribution in [0.3, 0.4) is 0 Å². The van der Waals surface area contributed by atoms with Crippen molar-refractivity contribution in [2.24, 2.45) is 0 Å². The van der Waals surface area contributed by atoms with E-state index in [1.807, 2.05) is 0 Å². The van der Waals surface area contributed by atoms with Crippen LogP contribution >= 0.6 is 0 Å². The highest BCUT2D eigenvalue weighted by atomic mass is 19.4. The van der Waals surface area contributed by atoms with Gasteiger partial charge in [-0.2, -0.15) is 61.5 Å². The summed E-state index contributed by atoms with van der Waals surface area (Å²) in [5.74, 6) is -26.2. The fraction of sp³-hybridized carbons (Fsp3) is 0.769. The molecule has 0 aromatic heterocycles. The zero-order valence-corrected chi connectivity index (χ0v) is 14.6. The molecule has 19 heteroatoms. The molecule has 32 heavy (non-hydrogen) atoms. The monoisotopic (exact) mass is 514 g/mol. The quantitative estimate of drug-likeness (QED) is 0.267. The van der Waals surface area contributed by atoms with Crippen molar-refractivity contribution in [3.63, 3.8) is 0 Å². The summed E-state index contributed by atoms with van der Waals surface area (Å²) < 4.78 is 201. The average Bonchev–Trinajstić information content (AvgIpc) is 2.61. The molecule has 0 aromatic carbocycles. The maximum absolute atomic E-state index is 13.4. The zero-order chi connectivity index (χ0) is 26.2. The van der Waals surface area contributed by atoms with Crippen molar-refractivity contribution in [2.45, 2.75) is 48.0 Å². The summed E-state index contributed by atoms with van der Waals surface area (Å²) in [6.07, 6.45) is -25.2. The first-order chi connectivity index (χ1) is 13.8. The van der Waals surface area contributed by atoms with E-state index in [0.717, 1.165) is 0 Å². The van der Waals surface area contributed by atoms with Crippen LogP contribution in [0.2, 0.25) is 0 Å². The van der Waals surface area contributed by atoms with E-state index in [9.17, 15) is 70.7 Å². The molecular weight excluding hydrogens is 505 g/mol. The Labute approximate surface area is 166 Å². The molecule has 0 aliphatic carbocycles. The van der Waals surface area contributed by atoms with E-state index in [4.69, 9.17) is 5.11 Å². The lowest BCUT2D eigenvalue weighted by Crippen LogP contribution is -2.75. The molecule has 0 saturated carbocycles. The van der Waals surface area contributed by atoms with Crippen molar-refractivity contribution < 1.29 is 85.2 Å². The second-order valence-electron chi connectivity index (χ2n) is 5.69. The second kappa shape index (κ2) is 8.79. The number of carbonyl (C=O) groups is 1. The molecular formula is C13H9F15O4. The molecule has 0 aromatic rings. The average molecular weight is 514 g/mol. The van der Waals surface area contributed by atoms with Gasteiger partial charge >= 0.3 is 47.9 Å². The highest BCUT2D eigenvalue weighted by Gasteiger charge is 2.96. The lowest BCUT2D eigenvalue weighted by molar-refractivity contribution is -0.476. The third-order valence-corrected chi connectivity index (χ3v) is 3.41. The number of hydrogen-bond donors (Lipinski definition) is 1. The molecule has 0 fully saturated rings. The van der Waals surface area contributed by atoms with E-state index in [2.05, 4.69) is 16.1 Å². The van der Waals surface area contributed by atoms with Crippen molar-refractivity contribution in [3.05, 3.63) is 12.7 Å². The summed E-state index contributed by atoms with van der Waals surface area (Å²) in [6.45, 7) is -0.828. The van der Waals surface area contributed by atoms with Crippen molar-refractivity contribution >= 4 is 5.97 Å². The molecule has 1 atom stereocenters. The van der Waals surface area contributed by atoms with Crippen LogP contribution in [0.5, 0.6) is 0 Å². The van der Waals surface area contributed by atoms with Gasteiger partial charge in [-0.1, -0.05) is 6.58 Å². The third kappa shape index (κ3) is 4.86. The number of aliphatic hydroxyl groups excluding tert-OH is 1. The molecule has 0 aliphatic heterocycles. The van der Waals surface area contributed by atoms with Crippen LogP contribution in [0.1, 0.15) is 0 Å². The maximum atomic E-state index is 13.4. The summed E-state index contributed by atoms with van der Waals surface area (Å²) in [5.41, 5.74) is -8.41. The normalized spacial score (nSPS) is 16.0. The standard InChI is InChI=1S/C13H9F15O4/c1-2-6(30)31-3-5(29)4-32-13(27,28)10(19,20)9(17,18)8(15,16)7(14,11(21,22)23)12(24,25)26/h2,5,29H,1,3-4H2. The first-order valence-electron chi connectivity index (χ1n) is 7.30. The highest BCUT2D eigenvalue weighted by Crippen LogP contribution is 2.63. The SMILES string of the molecule is C=CC(=O)OCC(O)COC(F)(F)C(F)(F)C(F)(F)C(F)(F)C(F)(C(F)(F)F)C(F)(F)F. The number of ether oxygens (including phenoxy) is 2. The summed E-state index contributed by atoms with van der Waals surface area (Å²) >= 11 is 0. The van der Waals surface area contributed by atoms with Crippen molar-refractivity contribution in [1.29, 1.82) is 0 Å². The third-order valence-electron chi connectivity index (χ3n) is 3.41. The molecule has 1 unspecified atom stereocenters. The number of alkyl halides is 15. The van der Waals surface area contributed by atoms with Gasteiger partial charge in [-0.3, -0.25) is 0 Å². The van der Waals surface area contributed by atoms with Crippen LogP contribution < -0.4 is 0 Å². The van der Waals surface area contributed by atoms with Gasteiger partial charge in [-0.25, -0.2) is 9.18 Å². The number of carbonyl (C=O) groups excluding carboxylic acids is 1. The number of esters is 1. The Morgan fingerprint density at radius 3 is 1.50 bits per heavy atom. The number of aliphatic hydroxyl groups is 1. The summed E-state index contributed by atoms with van der Waals surface area (Å²) in [4.78, 5) is 10.6. The minimum Gasteiger partial charge on any atom is -0.460 e. The Balaban J connectivity index is 6.09. The molecule has 0 heterocycles. The van der Waals surface area contributed by atoms with Gasteiger partial charge in [-0.15, -0.1) is 0 Å². The van der Waals surface area contributed by atoms with E-state index >= 15 is 0 Å². The molecule has 0 bridgehead atoms. The highest BCUT2D eigenvalue weighted by molar-refractivity contribution is 5.81. The molecule has 0 spiro atoms. The Bertz CT molecular complexity index is 668. The van der Waals surface area contributed by atoms with Crippen LogP contribution in [0.25, 0.3) is 0 Å². The number of rotatable bonds is 10. The van der Waals surface area contributed by atoms with Crippen LogP contribution in [0.15, 0.2) is 12.7 Å². The Hall–Kier alpha value is -1.92. The van der Waals surface area contributed by atoms with Gasteiger partial charge in [-0.05, 0) is 0 Å². The van der Waals surface area contributed by atoms with Gasteiger partial charge < -0.3 is 14.6 Å². The fourth-order valence-electron chi connectivity index (χ4n) is 1.69. The molecule has 0 saturated heterocycles. The summed E-state index contributed by atoms with van der Waals surface area (Å²) in [7, 11) is 0. The van der Waals surface area contributed by atoms with E-state index in [1.165, 1.54) is 0 Å². The molecule has 0 aliphatic rings. The Kier molecular flexibility index (Phi) is 8.26. The molecule has 0 radical (unpaired) electrons. The lowest BCUT2D eigenvalue weighted by atomic mass is 9.87. The van der Waals surface area contributed by atoms with E-state index < -0.39 is 67.2 Å². The zero-order valence-electron chi connectivity index (χ0n) is 14.6. The largest absolute Gasteiger partial charge is 0.460 e. The molecule has 0 rings (SSSR count). The molecule has 1 N–H and O–H groups in total. The predicted molar refractivity (Wildman–Crippen MR) is 68.9 cm³/mol. The maximum Gasteiger partial charge on any atom is 0.438 e. The van der Waals surface area contributed by atoms with Crippen LogP contribution in [-0.4, -0.2) is 72.3 Å². The van der Waals surface area contributed by atoms with Gasteiger partial charge in [0.1, 0.15) is 12.7 Å². The van der Waals surface area contributed by atoms with Crippen LogP contribution in [-0.2, 0) is 14.3 Å². The van der Waals surface area contributed by atoms with Crippen LogP contribution in [0, 0.1) is 0 Å². The molecule has 4 nitrogen and oxygen atoms in total. The Morgan fingerprint density at radius 1 is 0.750 bits per heavy atom. The number of halogens is 15.